The number of carbonyl (C=O) groups excluding carboxylic acids is 1. The third-order valence-electron chi connectivity index (χ3n) is 5.41. The lowest BCUT2D eigenvalue weighted by molar-refractivity contribution is 0.0993. The van der Waals surface area contributed by atoms with E-state index < -0.39 is 15.9 Å². The molecule has 0 fully saturated rings. The first-order chi connectivity index (χ1) is 15.3. The summed E-state index contributed by atoms with van der Waals surface area (Å²) in [6.07, 6.45) is 3.57. The molecule has 0 unspecified atom stereocenters. The molecule has 0 saturated heterocycles. The molecule has 0 saturated carbocycles. The summed E-state index contributed by atoms with van der Waals surface area (Å²) in [5.41, 5.74) is 3.66. The number of furan rings is 1. The third kappa shape index (κ3) is 4.29. The number of carbonyl (C=O) groups is 1. The number of aromatic nitrogens is 1. The van der Waals surface area contributed by atoms with Crippen molar-refractivity contribution in [1.29, 1.82) is 0 Å². The molecule has 1 aliphatic rings. The number of amides is 1. The van der Waals surface area contributed by atoms with Crippen LogP contribution in [0.1, 0.15) is 51.4 Å². The van der Waals surface area contributed by atoms with Crippen LogP contribution in [0.2, 0.25) is 0 Å². The standard InChI is InChI=1S/C23H24N4O4S/c1-14-9-11-17(12-10-14)32(29,30)27-26-18-7-4-8-19-20(18)16(3)21(31-19)23(28)25-22-15(2)6-5-13-24-22/h5-6,9-13,27H,4,7-8H2,1-3H3,(H,24,25,28)/b26-18+. The Labute approximate surface area is 186 Å². The highest BCUT2D eigenvalue weighted by Gasteiger charge is 2.28. The molecule has 0 bridgehead atoms. The molecule has 8 nitrogen and oxygen atoms in total. The summed E-state index contributed by atoms with van der Waals surface area (Å²) in [4.78, 5) is 19.5. The van der Waals surface area contributed by atoms with Gasteiger partial charge in [0, 0.05) is 23.7 Å². The van der Waals surface area contributed by atoms with Crippen molar-refractivity contribution in [2.45, 2.75) is 44.9 Å². The number of rotatable bonds is 5. The zero-order valence-corrected chi connectivity index (χ0v) is 18.9. The molecule has 166 valence electrons. The molecule has 1 aromatic carbocycles. The Morgan fingerprint density at radius 3 is 2.56 bits per heavy atom. The number of nitrogens with one attached hydrogen (secondary N) is 2. The minimum atomic E-state index is -3.80. The van der Waals surface area contributed by atoms with E-state index >= 15 is 0 Å². The first-order valence-corrected chi connectivity index (χ1v) is 11.7. The van der Waals surface area contributed by atoms with E-state index in [1.807, 2.05) is 19.9 Å². The first kappa shape index (κ1) is 21.8. The van der Waals surface area contributed by atoms with E-state index in [1.54, 1.807) is 31.3 Å². The number of hydrogen-bond acceptors (Lipinski definition) is 6. The molecule has 4 rings (SSSR count). The van der Waals surface area contributed by atoms with Crippen LogP contribution in [-0.2, 0) is 16.4 Å². The fourth-order valence-electron chi connectivity index (χ4n) is 3.66. The van der Waals surface area contributed by atoms with E-state index in [-0.39, 0.29) is 10.7 Å². The highest BCUT2D eigenvalue weighted by atomic mass is 32.2. The minimum Gasteiger partial charge on any atom is -0.455 e. The number of benzene rings is 1. The summed E-state index contributed by atoms with van der Waals surface area (Å²) in [5, 5.41) is 6.98. The zero-order chi connectivity index (χ0) is 22.9. The van der Waals surface area contributed by atoms with Gasteiger partial charge in [-0.15, -0.1) is 0 Å². The quantitative estimate of drug-likeness (QED) is 0.571. The van der Waals surface area contributed by atoms with Gasteiger partial charge in [-0.1, -0.05) is 23.8 Å². The van der Waals surface area contributed by atoms with Crippen LogP contribution in [0.3, 0.4) is 0 Å². The van der Waals surface area contributed by atoms with E-state index in [1.165, 1.54) is 12.1 Å². The topological polar surface area (TPSA) is 114 Å². The fraction of sp³-hybridized carbons (Fsp3) is 0.261. The van der Waals surface area contributed by atoms with Gasteiger partial charge in [-0.3, -0.25) is 4.79 Å². The molecule has 3 aromatic rings. The van der Waals surface area contributed by atoms with Crippen molar-refractivity contribution in [2.75, 3.05) is 5.32 Å². The molecule has 0 spiro atoms. The number of fused-ring (bicyclic) bond motifs is 1. The normalized spacial score (nSPS) is 14.8. The molecule has 2 aromatic heterocycles. The first-order valence-electron chi connectivity index (χ1n) is 10.3. The number of nitrogens with zero attached hydrogens (tertiary/aromatic N) is 2. The molecule has 2 heterocycles. The molecule has 32 heavy (non-hydrogen) atoms. The lowest BCUT2D eigenvalue weighted by Crippen LogP contribution is -2.22. The summed E-state index contributed by atoms with van der Waals surface area (Å²) in [7, 11) is -3.80. The monoisotopic (exact) mass is 452 g/mol. The van der Waals surface area contributed by atoms with Crippen LogP contribution in [0.4, 0.5) is 5.82 Å². The second-order valence-corrected chi connectivity index (χ2v) is 9.46. The summed E-state index contributed by atoms with van der Waals surface area (Å²) in [5.74, 6) is 0.866. The summed E-state index contributed by atoms with van der Waals surface area (Å²) >= 11 is 0. The number of anilines is 1. The van der Waals surface area contributed by atoms with Crippen LogP contribution < -0.4 is 10.1 Å². The van der Waals surface area contributed by atoms with Crippen molar-refractivity contribution in [3.05, 3.63) is 76.4 Å². The van der Waals surface area contributed by atoms with Crippen LogP contribution >= 0.6 is 0 Å². The Bertz CT molecular complexity index is 1310. The van der Waals surface area contributed by atoms with Crippen molar-refractivity contribution in [2.24, 2.45) is 5.10 Å². The second-order valence-electron chi connectivity index (χ2n) is 7.80. The molecular formula is C23H24N4O4S. The number of hydrogen-bond donors (Lipinski definition) is 2. The van der Waals surface area contributed by atoms with E-state index in [0.717, 1.165) is 17.5 Å². The highest BCUT2D eigenvalue weighted by Crippen LogP contribution is 2.30. The smallest absolute Gasteiger partial charge is 0.292 e. The number of hydrazone groups is 1. The molecule has 0 radical (unpaired) electrons. The van der Waals surface area contributed by atoms with Gasteiger partial charge in [-0.2, -0.15) is 18.4 Å². The lowest BCUT2D eigenvalue weighted by atomic mass is 9.93. The number of aryl methyl sites for hydroxylation is 3. The number of pyridine rings is 1. The van der Waals surface area contributed by atoms with Gasteiger partial charge in [0.15, 0.2) is 5.76 Å². The molecule has 0 aliphatic heterocycles. The van der Waals surface area contributed by atoms with Crippen molar-refractivity contribution < 1.29 is 17.6 Å². The lowest BCUT2D eigenvalue weighted by Gasteiger charge is -2.14. The Morgan fingerprint density at radius 2 is 1.84 bits per heavy atom. The van der Waals surface area contributed by atoms with Crippen molar-refractivity contribution >= 4 is 27.5 Å². The molecule has 1 amide bonds. The predicted octanol–water partition coefficient (Wildman–Crippen LogP) is 3.87. The Morgan fingerprint density at radius 1 is 1.09 bits per heavy atom. The van der Waals surface area contributed by atoms with E-state index in [9.17, 15) is 13.2 Å². The Balaban J connectivity index is 1.61. The Hall–Kier alpha value is -3.46. The summed E-state index contributed by atoms with van der Waals surface area (Å²) in [6, 6.07) is 10.2. The van der Waals surface area contributed by atoms with Gasteiger partial charge in [0.05, 0.1) is 10.6 Å². The van der Waals surface area contributed by atoms with Crippen molar-refractivity contribution in [3.8, 4) is 0 Å². The molecule has 9 heteroatoms. The third-order valence-corrected chi connectivity index (χ3v) is 6.63. The van der Waals surface area contributed by atoms with Gasteiger partial charge in [0.25, 0.3) is 15.9 Å². The maximum absolute atomic E-state index is 12.8. The van der Waals surface area contributed by atoms with Crippen LogP contribution in [0.25, 0.3) is 0 Å². The zero-order valence-electron chi connectivity index (χ0n) is 18.1. The van der Waals surface area contributed by atoms with E-state index in [4.69, 9.17) is 4.42 Å². The van der Waals surface area contributed by atoms with E-state index in [2.05, 4.69) is 20.2 Å². The van der Waals surface area contributed by atoms with Crippen LogP contribution in [0.15, 0.2) is 57.0 Å². The maximum atomic E-state index is 12.8. The highest BCUT2D eigenvalue weighted by molar-refractivity contribution is 7.89. The largest absolute Gasteiger partial charge is 0.455 e. The molecule has 1 aliphatic carbocycles. The van der Waals surface area contributed by atoms with Crippen LogP contribution in [0, 0.1) is 20.8 Å². The van der Waals surface area contributed by atoms with Gasteiger partial charge in [-0.05, 0) is 57.4 Å². The Kier molecular flexibility index (Phi) is 5.84. The fourth-order valence-corrected chi connectivity index (χ4v) is 4.49. The van der Waals surface area contributed by atoms with Crippen molar-refractivity contribution in [3.63, 3.8) is 0 Å². The van der Waals surface area contributed by atoms with Gasteiger partial charge in [0.1, 0.15) is 11.6 Å². The summed E-state index contributed by atoms with van der Waals surface area (Å²) in [6.45, 7) is 5.52. The SMILES string of the molecule is Cc1ccc(S(=O)(=O)N/N=C2\CCCc3oc(C(=O)Nc4ncccc4C)c(C)c32)cc1. The summed E-state index contributed by atoms with van der Waals surface area (Å²) < 4.78 is 31.1. The predicted molar refractivity (Wildman–Crippen MR) is 121 cm³/mol. The minimum absolute atomic E-state index is 0.137. The maximum Gasteiger partial charge on any atom is 0.292 e. The second kappa shape index (κ2) is 8.58. The van der Waals surface area contributed by atoms with Crippen LogP contribution in [0.5, 0.6) is 0 Å². The van der Waals surface area contributed by atoms with Crippen molar-refractivity contribution in [1.82, 2.24) is 9.82 Å². The average molecular weight is 453 g/mol. The van der Waals surface area contributed by atoms with E-state index in [0.29, 0.717) is 41.3 Å². The van der Waals surface area contributed by atoms with Gasteiger partial charge in [0.2, 0.25) is 0 Å². The average Bonchev–Trinajstić information content (AvgIpc) is 3.11. The van der Waals surface area contributed by atoms with Gasteiger partial charge in [-0.25, -0.2) is 4.98 Å². The van der Waals surface area contributed by atoms with Gasteiger partial charge < -0.3 is 9.73 Å². The van der Waals surface area contributed by atoms with Gasteiger partial charge >= 0.3 is 0 Å². The molecule has 2 N–H and O–H groups in total. The number of sulfonamides is 1. The van der Waals surface area contributed by atoms with Crippen LogP contribution in [-0.4, -0.2) is 25.0 Å². The molecule has 0 atom stereocenters. The molecular weight excluding hydrogens is 428 g/mol.